The molecule has 3 heteroatoms. The van der Waals surface area contributed by atoms with Crippen LogP contribution in [-0.2, 0) is 0 Å². The van der Waals surface area contributed by atoms with E-state index < -0.39 is 0 Å². The van der Waals surface area contributed by atoms with Crippen LogP contribution in [0.1, 0.15) is 37.8 Å². The standard InChI is InChI=1S/C15H23NOS/c1-2-15(13-3-5-14(17)6-4-13)16-11-12-7-9-18-10-8-12/h3-6,12,15-17H,2,7-11H2,1H3. The molecule has 18 heavy (non-hydrogen) atoms. The lowest BCUT2D eigenvalue weighted by Gasteiger charge is -2.25. The Morgan fingerprint density at radius 2 is 1.94 bits per heavy atom. The molecule has 0 aromatic heterocycles. The minimum Gasteiger partial charge on any atom is -0.508 e. The summed E-state index contributed by atoms with van der Waals surface area (Å²) in [6, 6.07) is 8.01. The Morgan fingerprint density at radius 1 is 1.28 bits per heavy atom. The van der Waals surface area contributed by atoms with Crippen LogP contribution < -0.4 is 5.32 Å². The maximum Gasteiger partial charge on any atom is 0.115 e. The average Bonchev–Trinajstić information content (AvgIpc) is 2.42. The number of phenols is 1. The van der Waals surface area contributed by atoms with Crippen LogP contribution >= 0.6 is 11.8 Å². The molecule has 0 aliphatic carbocycles. The average molecular weight is 265 g/mol. The molecular formula is C15H23NOS. The van der Waals surface area contributed by atoms with Gasteiger partial charge in [0.2, 0.25) is 0 Å². The van der Waals surface area contributed by atoms with Crippen LogP contribution in [0.25, 0.3) is 0 Å². The lowest BCUT2D eigenvalue weighted by Crippen LogP contribution is -2.29. The normalized spacial score (nSPS) is 18.7. The van der Waals surface area contributed by atoms with Gasteiger partial charge in [-0.05, 0) is 60.9 Å². The van der Waals surface area contributed by atoms with Gasteiger partial charge in [-0.25, -0.2) is 0 Å². The second-order valence-corrected chi connectivity index (χ2v) is 6.24. The number of hydrogen-bond acceptors (Lipinski definition) is 3. The summed E-state index contributed by atoms with van der Waals surface area (Å²) in [6.07, 6.45) is 3.79. The Labute approximate surface area is 114 Å². The molecule has 1 heterocycles. The summed E-state index contributed by atoms with van der Waals surface area (Å²) in [5, 5.41) is 13.0. The first kappa shape index (κ1) is 13.8. The molecule has 1 aromatic rings. The van der Waals surface area contributed by atoms with Gasteiger partial charge in [-0.2, -0.15) is 11.8 Å². The van der Waals surface area contributed by atoms with Crippen LogP contribution in [-0.4, -0.2) is 23.2 Å². The van der Waals surface area contributed by atoms with E-state index in [0.717, 1.165) is 18.9 Å². The summed E-state index contributed by atoms with van der Waals surface area (Å²) in [4.78, 5) is 0. The fourth-order valence-corrected chi connectivity index (χ4v) is 3.67. The molecule has 1 fully saturated rings. The number of aromatic hydroxyl groups is 1. The van der Waals surface area contributed by atoms with Crippen molar-refractivity contribution in [3.8, 4) is 5.75 Å². The number of thioether (sulfide) groups is 1. The van der Waals surface area contributed by atoms with E-state index in [4.69, 9.17) is 0 Å². The van der Waals surface area contributed by atoms with Crippen molar-refractivity contribution in [2.45, 2.75) is 32.2 Å². The lowest BCUT2D eigenvalue weighted by molar-refractivity contribution is 0.404. The Kier molecular flexibility index (Phi) is 5.39. The molecule has 1 aliphatic rings. The molecule has 0 bridgehead atoms. The first-order chi connectivity index (χ1) is 8.79. The van der Waals surface area contributed by atoms with Gasteiger partial charge in [-0.1, -0.05) is 19.1 Å². The minimum absolute atomic E-state index is 0.345. The zero-order valence-corrected chi connectivity index (χ0v) is 11.9. The highest BCUT2D eigenvalue weighted by Gasteiger charge is 2.16. The van der Waals surface area contributed by atoms with Crippen molar-refractivity contribution in [2.24, 2.45) is 5.92 Å². The highest BCUT2D eigenvalue weighted by molar-refractivity contribution is 7.99. The zero-order chi connectivity index (χ0) is 12.8. The summed E-state index contributed by atoms with van der Waals surface area (Å²) < 4.78 is 0. The molecular weight excluding hydrogens is 242 g/mol. The van der Waals surface area contributed by atoms with Crippen LogP contribution in [0.15, 0.2) is 24.3 Å². The summed E-state index contributed by atoms with van der Waals surface area (Å²) in [6.45, 7) is 3.33. The number of hydrogen-bond donors (Lipinski definition) is 2. The van der Waals surface area contributed by atoms with Crippen LogP contribution in [0.4, 0.5) is 0 Å². The van der Waals surface area contributed by atoms with Crippen LogP contribution in [0.3, 0.4) is 0 Å². The highest BCUT2D eigenvalue weighted by atomic mass is 32.2. The molecule has 1 saturated heterocycles. The van der Waals surface area contributed by atoms with Crippen molar-refractivity contribution in [1.82, 2.24) is 5.32 Å². The maximum atomic E-state index is 9.32. The van der Waals surface area contributed by atoms with Gasteiger partial charge < -0.3 is 10.4 Å². The summed E-state index contributed by atoms with van der Waals surface area (Å²) in [5.74, 6) is 3.83. The van der Waals surface area contributed by atoms with Crippen LogP contribution in [0.2, 0.25) is 0 Å². The Balaban J connectivity index is 1.86. The third-order valence-corrected chi connectivity index (χ3v) is 4.75. The molecule has 1 aliphatic heterocycles. The van der Waals surface area contributed by atoms with Gasteiger partial charge in [0.1, 0.15) is 5.75 Å². The molecule has 100 valence electrons. The van der Waals surface area contributed by atoms with Crippen molar-refractivity contribution < 1.29 is 5.11 Å². The second-order valence-electron chi connectivity index (χ2n) is 5.02. The predicted octanol–water partition coefficient (Wildman–Crippen LogP) is 3.58. The fourth-order valence-electron chi connectivity index (χ4n) is 2.46. The smallest absolute Gasteiger partial charge is 0.115 e. The molecule has 2 N–H and O–H groups in total. The van der Waals surface area contributed by atoms with Gasteiger partial charge in [0.15, 0.2) is 0 Å². The van der Waals surface area contributed by atoms with E-state index in [1.807, 2.05) is 12.1 Å². The van der Waals surface area contributed by atoms with Crippen molar-refractivity contribution in [3.05, 3.63) is 29.8 Å². The molecule has 0 saturated carbocycles. The van der Waals surface area contributed by atoms with E-state index >= 15 is 0 Å². The van der Waals surface area contributed by atoms with Crippen molar-refractivity contribution in [3.63, 3.8) is 0 Å². The van der Waals surface area contributed by atoms with Crippen molar-refractivity contribution >= 4 is 11.8 Å². The van der Waals surface area contributed by atoms with Gasteiger partial charge in [0, 0.05) is 6.04 Å². The fraction of sp³-hybridized carbons (Fsp3) is 0.600. The van der Waals surface area contributed by atoms with Crippen molar-refractivity contribution in [2.75, 3.05) is 18.1 Å². The third kappa shape index (κ3) is 3.92. The zero-order valence-electron chi connectivity index (χ0n) is 11.1. The molecule has 2 rings (SSSR count). The number of rotatable bonds is 5. The number of phenolic OH excluding ortho intramolecular Hbond substituents is 1. The van der Waals surface area contributed by atoms with E-state index in [-0.39, 0.29) is 0 Å². The van der Waals surface area contributed by atoms with Gasteiger partial charge >= 0.3 is 0 Å². The molecule has 0 amide bonds. The minimum atomic E-state index is 0.345. The molecule has 0 radical (unpaired) electrons. The van der Waals surface area contributed by atoms with Gasteiger partial charge in [0.05, 0.1) is 0 Å². The molecule has 2 nitrogen and oxygen atoms in total. The Hall–Kier alpha value is -0.670. The SMILES string of the molecule is CCC(NCC1CCSCC1)c1ccc(O)cc1. The predicted molar refractivity (Wildman–Crippen MR) is 79.2 cm³/mol. The summed E-state index contributed by atoms with van der Waals surface area (Å²) >= 11 is 2.08. The molecule has 1 aromatic carbocycles. The van der Waals surface area contributed by atoms with Gasteiger partial charge in [0.25, 0.3) is 0 Å². The van der Waals surface area contributed by atoms with E-state index in [2.05, 4.69) is 24.0 Å². The third-order valence-electron chi connectivity index (χ3n) is 3.70. The van der Waals surface area contributed by atoms with Crippen LogP contribution in [0, 0.1) is 5.92 Å². The lowest BCUT2D eigenvalue weighted by atomic mass is 10.00. The Bertz CT molecular complexity index is 346. The monoisotopic (exact) mass is 265 g/mol. The van der Waals surface area contributed by atoms with Crippen molar-refractivity contribution in [1.29, 1.82) is 0 Å². The highest BCUT2D eigenvalue weighted by Crippen LogP contribution is 2.24. The van der Waals surface area contributed by atoms with Gasteiger partial charge in [-0.3, -0.25) is 0 Å². The van der Waals surface area contributed by atoms with E-state index in [1.165, 1.54) is 29.9 Å². The summed E-state index contributed by atoms with van der Waals surface area (Å²) in [7, 11) is 0. The topological polar surface area (TPSA) is 32.3 Å². The van der Waals surface area contributed by atoms with E-state index in [9.17, 15) is 5.11 Å². The first-order valence-corrected chi connectivity index (χ1v) is 8.05. The van der Waals surface area contributed by atoms with E-state index in [0.29, 0.717) is 11.8 Å². The number of benzene rings is 1. The second kappa shape index (κ2) is 7.05. The van der Waals surface area contributed by atoms with Crippen LogP contribution in [0.5, 0.6) is 5.75 Å². The molecule has 1 unspecified atom stereocenters. The quantitative estimate of drug-likeness (QED) is 0.853. The number of nitrogens with one attached hydrogen (secondary N) is 1. The maximum absolute atomic E-state index is 9.32. The van der Waals surface area contributed by atoms with E-state index in [1.54, 1.807) is 12.1 Å². The Morgan fingerprint density at radius 3 is 2.56 bits per heavy atom. The largest absolute Gasteiger partial charge is 0.508 e. The summed E-state index contributed by atoms with van der Waals surface area (Å²) in [5.41, 5.74) is 1.28. The molecule has 1 atom stereocenters. The first-order valence-electron chi connectivity index (χ1n) is 6.89. The molecule has 0 spiro atoms. The van der Waals surface area contributed by atoms with Gasteiger partial charge in [-0.15, -0.1) is 0 Å².